The molecule has 1 fully saturated rings. The molecule has 1 saturated heterocycles. The number of aromatic nitrogens is 1. The van der Waals surface area contributed by atoms with Gasteiger partial charge in [-0.3, -0.25) is 9.88 Å². The minimum Gasteiger partial charge on any atom is -0.374 e. The average Bonchev–Trinajstić information content (AvgIpc) is 2.82. The van der Waals surface area contributed by atoms with Gasteiger partial charge in [0.05, 0.1) is 18.2 Å². The number of rotatable bonds is 5. The van der Waals surface area contributed by atoms with Crippen LogP contribution in [0, 0.1) is 0 Å². The summed E-state index contributed by atoms with van der Waals surface area (Å²) in [6.45, 7) is 8.13. The van der Waals surface area contributed by atoms with Crippen molar-refractivity contribution in [3.05, 3.63) is 16.6 Å². The number of hydrogen-bond acceptors (Lipinski definition) is 5. The number of morpholine rings is 1. The van der Waals surface area contributed by atoms with Crippen molar-refractivity contribution in [1.29, 1.82) is 0 Å². The number of likely N-dealkylation sites (N-methyl/N-ethyl adjacent to an activating group) is 1. The molecule has 1 N–H and O–H groups in total. The number of thiazole rings is 1. The molecule has 0 aromatic carbocycles. The third kappa shape index (κ3) is 3.52. The Morgan fingerprint density at radius 2 is 2.62 bits per heavy atom. The van der Waals surface area contributed by atoms with Crippen molar-refractivity contribution >= 4 is 11.3 Å². The second kappa shape index (κ2) is 6.30. The molecule has 1 aliphatic rings. The zero-order chi connectivity index (χ0) is 11.2. The predicted molar refractivity (Wildman–Crippen MR) is 65.7 cm³/mol. The van der Waals surface area contributed by atoms with Crippen molar-refractivity contribution in [2.75, 3.05) is 32.8 Å². The number of hydrogen-bond donors (Lipinski definition) is 1. The van der Waals surface area contributed by atoms with E-state index < -0.39 is 0 Å². The smallest absolute Gasteiger partial charge is 0.0826 e. The summed E-state index contributed by atoms with van der Waals surface area (Å²) in [5, 5.41) is 3.42. The van der Waals surface area contributed by atoms with Crippen molar-refractivity contribution in [1.82, 2.24) is 15.2 Å². The van der Waals surface area contributed by atoms with Crippen molar-refractivity contribution < 1.29 is 4.74 Å². The standard InChI is InChI=1S/C11H19N3OS/c1-2-14-3-4-15-10(8-14)5-12-6-11-7-13-9-16-11/h7,9-10,12H,2-6,8H2,1H3. The van der Waals surface area contributed by atoms with E-state index in [1.54, 1.807) is 11.3 Å². The molecule has 90 valence electrons. The van der Waals surface area contributed by atoms with Crippen LogP contribution in [0.2, 0.25) is 0 Å². The number of ether oxygens (including phenoxy) is 1. The minimum absolute atomic E-state index is 0.335. The van der Waals surface area contributed by atoms with E-state index in [1.807, 2.05) is 11.7 Å². The third-order valence-corrected chi connectivity index (χ3v) is 3.60. The third-order valence-electron chi connectivity index (χ3n) is 2.82. The summed E-state index contributed by atoms with van der Waals surface area (Å²) < 4.78 is 5.71. The Kier molecular flexibility index (Phi) is 4.71. The van der Waals surface area contributed by atoms with Gasteiger partial charge in [-0.05, 0) is 6.54 Å². The largest absolute Gasteiger partial charge is 0.374 e. The second-order valence-electron chi connectivity index (χ2n) is 3.98. The van der Waals surface area contributed by atoms with E-state index in [9.17, 15) is 0 Å². The molecule has 1 atom stereocenters. The molecule has 2 rings (SSSR count). The quantitative estimate of drug-likeness (QED) is 0.833. The summed E-state index contributed by atoms with van der Waals surface area (Å²) in [6.07, 6.45) is 2.25. The van der Waals surface area contributed by atoms with Gasteiger partial charge in [0.1, 0.15) is 0 Å². The molecule has 0 spiro atoms. The van der Waals surface area contributed by atoms with Gasteiger partial charge in [0.25, 0.3) is 0 Å². The minimum atomic E-state index is 0.335. The van der Waals surface area contributed by atoms with Crippen LogP contribution in [-0.2, 0) is 11.3 Å². The molecule has 16 heavy (non-hydrogen) atoms. The molecule has 5 heteroatoms. The first-order valence-electron chi connectivity index (χ1n) is 5.80. The Labute approximate surface area is 101 Å². The van der Waals surface area contributed by atoms with Crippen LogP contribution in [0.1, 0.15) is 11.8 Å². The van der Waals surface area contributed by atoms with Crippen LogP contribution in [-0.4, -0.2) is 48.8 Å². The lowest BCUT2D eigenvalue weighted by Crippen LogP contribution is -2.46. The van der Waals surface area contributed by atoms with Crippen LogP contribution in [0.25, 0.3) is 0 Å². The normalized spacial score (nSPS) is 22.4. The van der Waals surface area contributed by atoms with E-state index >= 15 is 0 Å². The van der Waals surface area contributed by atoms with E-state index in [2.05, 4.69) is 22.1 Å². The highest BCUT2D eigenvalue weighted by molar-refractivity contribution is 7.09. The maximum atomic E-state index is 5.71. The highest BCUT2D eigenvalue weighted by atomic mass is 32.1. The van der Waals surface area contributed by atoms with Gasteiger partial charge in [0.15, 0.2) is 0 Å². The van der Waals surface area contributed by atoms with E-state index in [4.69, 9.17) is 4.74 Å². The molecule has 0 bridgehead atoms. The van der Waals surface area contributed by atoms with Crippen molar-refractivity contribution in [2.24, 2.45) is 0 Å². The maximum absolute atomic E-state index is 5.71. The molecule has 0 radical (unpaired) electrons. The molecular formula is C11H19N3OS. The first-order valence-corrected chi connectivity index (χ1v) is 6.68. The van der Waals surface area contributed by atoms with Crippen LogP contribution in [0.3, 0.4) is 0 Å². The molecule has 0 amide bonds. The Morgan fingerprint density at radius 1 is 1.69 bits per heavy atom. The van der Waals surface area contributed by atoms with E-state index in [-0.39, 0.29) is 0 Å². The number of nitrogens with zero attached hydrogens (tertiary/aromatic N) is 2. The highest BCUT2D eigenvalue weighted by Crippen LogP contribution is 2.06. The topological polar surface area (TPSA) is 37.4 Å². The van der Waals surface area contributed by atoms with Gasteiger partial charge in [0.2, 0.25) is 0 Å². The maximum Gasteiger partial charge on any atom is 0.0826 e. The van der Waals surface area contributed by atoms with Gasteiger partial charge < -0.3 is 10.1 Å². The molecule has 1 aromatic rings. The highest BCUT2D eigenvalue weighted by Gasteiger charge is 2.18. The van der Waals surface area contributed by atoms with E-state index in [1.165, 1.54) is 4.88 Å². The van der Waals surface area contributed by atoms with Gasteiger partial charge >= 0.3 is 0 Å². The molecule has 0 saturated carbocycles. The van der Waals surface area contributed by atoms with Gasteiger partial charge in [-0.1, -0.05) is 6.92 Å². The van der Waals surface area contributed by atoms with Gasteiger partial charge in [-0.15, -0.1) is 11.3 Å². The monoisotopic (exact) mass is 241 g/mol. The summed E-state index contributed by atoms with van der Waals surface area (Å²) >= 11 is 1.69. The zero-order valence-electron chi connectivity index (χ0n) is 9.69. The molecule has 2 heterocycles. The first-order chi connectivity index (χ1) is 7.88. The van der Waals surface area contributed by atoms with Crippen LogP contribution >= 0.6 is 11.3 Å². The summed E-state index contributed by atoms with van der Waals surface area (Å²) in [5.74, 6) is 0. The Morgan fingerprint density at radius 3 is 3.38 bits per heavy atom. The van der Waals surface area contributed by atoms with Gasteiger partial charge in [-0.2, -0.15) is 0 Å². The van der Waals surface area contributed by atoms with Crippen molar-refractivity contribution in [3.8, 4) is 0 Å². The average molecular weight is 241 g/mol. The number of nitrogens with one attached hydrogen (secondary N) is 1. The predicted octanol–water partition coefficient (Wildman–Crippen LogP) is 0.953. The SMILES string of the molecule is CCN1CCOC(CNCc2cncs2)C1. The zero-order valence-corrected chi connectivity index (χ0v) is 10.5. The fourth-order valence-electron chi connectivity index (χ4n) is 1.88. The molecule has 1 aromatic heterocycles. The molecular weight excluding hydrogens is 222 g/mol. The van der Waals surface area contributed by atoms with Crippen molar-refractivity contribution in [3.63, 3.8) is 0 Å². The molecule has 4 nitrogen and oxygen atoms in total. The van der Waals surface area contributed by atoms with Crippen LogP contribution in [0.4, 0.5) is 0 Å². The van der Waals surface area contributed by atoms with Crippen LogP contribution in [0.15, 0.2) is 11.7 Å². The molecule has 1 aliphatic heterocycles. The van der Waals surface area contributed by atoms with Gasteiger partial charge in [-0.25, -0.2) is 0 Å². The van der Waals surface area contributed by atoms with Gasteiger partial charge in [0, 0.05) is 37.3 Å². The summed E-state index contributed by atoms with van der Waals surface area (Å²) in [4.78, 5) is 7.77. The van der Waals surface area contributed by atoms with E-state index in [0.29, 0.717) is 6.10 Å². The van der Waals surface area contributed by atoms with Crippen LogP contribution < -0.4 is 5.32 Å². The Balaban J connectivity index is 1.65. The summed E-state index contributed by atoms with van der Waals surface area (Å²) in [5.41, 5.74) is 1.87. The second-order valence-corrected chi connectivity index (χ2v) is 4.96. The van der Waals surface area contributed by atoms with E-state index in [0.717, 1.165) is 39.3 Å². The fraction of sp³-hybridized carbons (Fsp3) is 0.727. The Hall–Kier alpha value is -0.490. The lowest BCUT2D eigenvalue weighted by Gasteiger charge is -2.32. The lowest BCUT2D eigenvalue weighted by molar-refractivity contribution is -0.0253. The molecule has 1 unspecified atom stereocenters. The lowest BCUT2D eigenvalue weighted by atomic mass is 10.2. The van der Waals surface area contributed by atoms with Crippen molar-refractivity contribution in [2.45, 2.75) is 19.6 Å². The molecule has 0 aliphatic carbocycles. The first kappa shape index (κ1) is 12.0. The van der Waals surface area contributed by atoms with Crippen LogP contribution in [0.5, 0.6) is 0 Å². The summed E-state index contributed by atoms with van der Waals surface area (Å²) in [7, 11) is 0. The summed E-state index contributed by atoms with van der Waals surface area (Å²) in [6, 6.07) is 0. The fourth-order valence-corrected chi connectivity index (χ4v) is 2.44. The Bertz CT molecular complexity index is 291.